The van der Waals surface area contributed by atoms with E-state index in [1.54, 1.807) is 31.3 Å². The van der Waals surface area contributed by atoms with Crippen LogP contribution in [0.25, 0.3) is 0 Å². The highest BCUT2D eigenvalue weighted by Gasteiger charge is 2.76. The van der Waals surface area contributed by atoms with Crippen LogP contribution in [0, 0.1) is 28.6 Å². The molecule has 5 unspecified atom stereocenters. The Kier molecular flexibility index (Phi) is 5.46. The van der Waals surface area contributed by atoms with Crippen molar-refractivity contribution in [3.63, 3.8) is 0 Å². The minimum Gasteiger partial charge on any atom is -0.481 e. The molecular formula is C27H24N4O4. The van der Waals surface area contributed by atoms with E-state index in [-0.39, 0.29) is 22.9 Å². The highest BCUT2D eigenvalue weighted by molar-refractivity contribution is 5.60. The van der Waals surface area contributed by atoms with Gasteiger partial charge in [0.15, 0.2) is 11.2 Å². The molecule has 5 atom stereocenters. The molecule has 0 radical (unpaired) electrons. The topological polar surface area (TPSA) is 131 Å². The SMILES string of the molecule is CNCC1C(O)C2(O)c3c(cc(C#N)nc3OC)OC2(c2ccc(C#N)cc2)C1c1ccccc1. The standard InChI is InChI=1S/C27H24N4O4/c1-30-15-20-22(17-6-4-3-5-7-17)27(18-10-8-16(13-28)9-11-18)26(33,24(20)32)23-21(35-27)12-19(14-29)31-25(23)34-2/h3-12,20,22,24,30,32-33H,15H2,1-2H3. The minimum absolute atomic E-state index is 0.0213. The molecule has 176 valence electrons. The van der Waals surface area contributed by atoms with Gasteiger partial charge in [0.25, 0.3) is 0 Å². The molecule has 8 heteroatoms. The van der Waals surface area contributed by atoms with Crippen molar-refractivity contribution in [1.29, 1.82) is 10.5 Å². The van der Waals surface area contributed by atoms with Crippen LogP contribution in [0.4, 0.5) is 0 Å². The number of nitriles is 2. The second kappa shape index (κ2) is 8.37. The number of benzene rings is 2. The molecule has 1 aromatic heterocycles. The highest BCUT2D eigenvalue weighted by atomic mass is 16.5. The van der Waals surface area contributed by atoms with Crippen LogP contribution in [-0.4, -0.2) is 42.0 Å². The van der Waals surface area contributed by atoms with E-state index in [0.29, 0.717) is 17.7 Å². The predicted molar refractivity (Wildman–Crippen MR) is 125 cm³/mol. The Hall–Kier alpha value is -3.95. The number of hydrogen-bond donors (Lipinski definition) is 3. The summed E-state index contributed by atoms with van der Waals surface area (Å²) >= 11 is 0. The first kappa shape index (κ1) is 22.8. The lowest BCUT2D eigenvalue weighted by atomic mass is 9.70. The third-order valence-corrected chi connectivity index (χ3v) is 7.22. The van der Waals surface area contributed by atoms with Crippen molar-refractivity contribution in [2.75, 3.05) is 20.7 Å². The summed E-state index contributed by atoms with van der Waals surface area (Å²) in [4.78, 5) is 4.25. The zero-order valence-electron chi connectivity index (χ0n) is 19.3. The molecule has 1 aliphatic carbocycles. The summed E-state index contributed by atoms with van der Waals surface area (Å²) in [5.74, 6) is -0.723. The van der Waals surface area contributed by atoms with Crippen LogP contribution >= 0.6 is 0 Å². The molecule has 3 aromatic rings. The molecule has 2 heterocycles. The lowest BCUT2D eigenvalue weighted by Crippen LogP contribution is -2.52. The van der Waals surface area contributed by atoms with Crippen molar-refractivity contribution in [2.45, 2.75) is 23.2 Å². The normalized spacial score (nSPS) is 28.3. The molecule has 8 nitrogen and oxygen atoms in total. The molecule has 1 fully saturated rings. The van der Waals surface area contributed by atoms with Gasteiger partial charge in [-0.05, 0) is 30.3 Å². The van der Waals surface area contributed by atoms with Gasteiger partial charge in [0.2, 0.25) is 5.88 Å². The van der Waals surface area contributed by atoms with E-state index < -0.39 is 29.1 Å². The molecule has 2 aromatic carbocycles. The van der Waals surface area contributed by atoms with E-state index in [1.807, 2.05) is 36.4 Å². The smallest absolute Gasteiger partial charge is 0.224 e. The van der Waals surface area contributed by atoms with E-state index in [0.717, 1.165) is 5.56 Å². The molecule has 3 N–H and O–H groups in total. The summed E-state index contributed by atoms with van der Waals surface area (Å²) in [6.45, 7) is 0.395. The zero-order chi connectivity index (χ0) is 24.8. The van der Waals surface area contributed by atoms with Crippen molar-refractivity contribution in [3.8, 4) is 23.8 Å². The Bertz CT molecular complexity index is 1350. The number of ether oxygens (including phenoxy) is 2. The molecule has 5 rings (SSSR count). The van der Waals surface area contributed by atoms with Crippen LogP contribution in [0.3, 0.4) is 0 Å². The molecule has 35 heavy (non-hydrogen) atoms. The second-order valence-electron chi connectivity index (χ2n) is 8.85. The molecular weight excluding hydrogens is 444 g/mol. The monoisotopic (exact) mass is 468 g/mol. The van der Waals surface area contributed by atoms with Crippen LogP contribution in [0.2, 0.25) is 0 Å². The molecule has 0 bridgehead atoms. The lowest BCUT2D eigenvalue weighted by molar-refractivity contribution is -0.152. The van der Waals surface area contributed by atoms with Crippen molar-refractivity contribution >= 4 is 0 Å². The quantitative estimate of drug-likeness (QED) is 0.520. The lowest BCUT2D eigenvalue weighted by Gasteiger charge is -2.40. The molecule has 0 amide bonds. The van der Waals surface area contributed by atoms with E-state index in [1.165, 1.54) is 13.2 Å². The van der Waals surface area contributed by atoms with Gasteiger partial charge in [0, 0.05) is 24.4 Å². The van der Waals surface area contributed by atoms with E-state index in [4.69, 9.17) is 9.47 Å². The maximum atomic E-state index is 12.6. The second-order valence-corrected chi connectivity index (χ2v) is 8.85. The Morgan fingerprint density at radius 3 is 2.43 bits per heavy atom. The number of rotatable bonds is 5. The highest BCUT2D eigenvalue weighted by Crippen LogP contribution is 2.69. The van der Waals surface area contributed by atoms with E-state index >= 15 is 0 Å². The Morgan fingerprint density at radius 1 is 1.11 bits per heavy atom. The zero-order valence-corrected chi connectivity index (χ0v) is 19.3. The third-order valence-electron chi connectivity index (χ3n) is 7.22. The fourth-order valence-corrected chi connectivity index (χ4v) is 5.89. The first-order valence-electron chi connectivity index (χ1n) is 11.3. The summed E-state index contributed by atoms with van der Waals surface area (Å²) < 4.78 is 12.2. The van der Waals surface area contributed by atoms with Crippen molar-refractivity contribution in [3.05, 3.63) is 88.6 Å². The largest absolute Gasteiger partial charge is 0.481 e. The van der Waals surface area contributed by atoms with Gasteiger partial charge in [-0.2, -0.15) is 10.5 Å². The number of pyridine rings is 1. The van der Waals surface area contributed by atoms with Crippen LogP contribution in [0.1, 0.15) is 33.9 Å². The van der Waals surface area contributed by atoms with Gasteiger partial charge in [-0.1, -0.05) is 42.5 Å². The predicted octanol–water partition coefficient (Wildman–Crippen LogP) is 2.30. The Morgan fingerprint density at radius 2 is 1.83 bits per heavy atom. The summed E-state index contributed by atoms with van der Waals surface area (Å²) in [5, 5.41) is 46.5. The van der Waals surface area contributed by atoms with Crippen LogP contribution < -0.4 is 14.8 Å². The number of nitrogens with one attached hydrogen (secondary N) is 1. The van der Waals surface area contributed by atoms with Gasteiger partial charge in [0.1, 0.15) is 17.5 Å². The number of aliphatic hydroxyl groups is 2. The van der Waals surface area contributed by atoms with E-state index in [2.05, 4.69) is 16.4 Å². The fourth-order valence-electron chi connectivity index (χ4n) is 5.89. The maximum Gasteiger partial charge on any atom is 0.224 e. The van der Waals surface area contributed by atoms with Gasteiger partial charge in [0.05, 0.1) is 30.4 Å². The first-order chi connectivity index (χ1) is 17.0. The summed E-state index contributed by atoms with van der Waals surface area (Å²) in [7, 11) is 3.19. The van der Waals surface area contributed by atoms with Crippen LogP contribution in [0.5, 0.6) is 11.6 Å². The molecule has 1 aliphatic heterocycles. The summed E-state index contributed by atoms with van der Waals surface area (Å²) in [6.07, 6.45) is -1.28. The van der Waals surface area contributed by atoms with Gasteiger partial charge in [-0.3, -0.25) is 0 Å². The van der Waals surface area contributed by atoms with Crippen molar-refractivity contribution < 1.29 is 19.7 Å². The van der Waals surface area contributed by atoms with Gasteiger partial charge >= 0.3 is 0 Å². The van der Waals surface area contributed by atoms with Crippen LogP contribution in [-0.2, 0) is 11.2 Å². The molecule has 0 saturated heterocycles. The number of hydrogen-bond acceptors (Lipinski definition) is 8. The average molecular weight is 469 g/mol. The number of aromatic nitrogens is 1. The molecule has 0 spiro atoms. The third kappa shape index (κ3) is 2.98. The number of aliphatic hydroxyl groups excluding tert-OH is 1. The van der Waals surface area contributed by atoms with Gasteiger partial charge < -0.3 is 25.0 Å². The molecule has 1 saturated carbocycles. The number of fused-ring (bicyclic) bond motifs is 3. The van der Waals surface area contributed by atoms with Crippen LogP contribution in [0.15, 0.2) is 60.7 Å². The number of nitrogens with zero attached hydrogens (tertiary/aromatic N) is 3. The Balaban J connectivity index is 1.87. The van der Waals surface area contributed by atoms with E-state index in [9.17, 15) is 20.7 Å². The average Bonchev–Trinajstić information content (AvgIpc) is 3.27. The van der Waals surface area contributed by atoms with Gasteiger partial charge in [-0.25, -0.2) is 4.98 Å². The Labute approximate surface area is 203 Å². The fraction of sp³-hybridized carbons (Fsp3) is 0.296. The van der Waals surface area contributed by atoms with Crippen molar-refractivity contribution in [1.82, 2.24) is 10.3 Å². The minimum atomic E-state index is -1.97. The maximum absolute atomic E-state index is 12.6. The number of methoxy groups -OCH3 is 1. The van der Waals surface area contributed by atoms with Crippen molar-refractivity contribution in [2.24, 2.45) is 5.92 Å². The first-order valence-corrected chi connectivity index (χ1v) is 11.3. The summed E-state index contributed by atoms with van der Waals surface area (Å²) in [5.41, 5.74) is -1.28. The van der Waals surface area contributed by atoms with Gasteiger partial charge in [-0.15, -0.1) is 0 Å². The molecule has 2 aliphatic rings. The summed E-state index contributed by atoms with van der Waals surface area (Å²) in [6, 6.07) is 22.0.